The Kier molecular flexibility index (Phi) is 6.66. The van der Waals surface area contributed by atoms with Gasteiger partial charge in [-0.25, -0.2) is 0 Å². The molecule has 2 aromatic carbocycles. The summed E-state index contributed by atoms with van der Waals surface area (Å²) < 4.78 is 5.73. The van der Waals surface area contributed by atoms with Crippen molar-refractivity contribution in [3.05, 3.63) is 65.2 Å². The molecule has 0 saturated heterocycles. The highest BCUT2D eigenvalue weighted by atomic mass is 16.5. The second kappa shape index (κ2) is 8.53. The third-order valence-electron chi connectivity index (χ3n) is 4.44. The van der Waals surface area contributed by atoms with Crippen LogP contribution in [0.5, 0.6) is 5.75 Å². The molecular formula is C23H33NO. The number of rotatable bonds is 7. The van der Waals surface area contributed by atoms with E-state index in [0.717, 1.165) is 18.7 Å². The maximum atomic E-state index is 5.73. The van der Waals surface area contributed by atoms with Crippen molar-refractivity contribution in [2.24, 2.45) is 0 Å². The van der Waals surface area contributed by atoms with Gasteiger partial charge in [0, 0.05) is 12.6 Å². The zero-order valence-electron chi connectivity index (χ0n) is 16.6. The lowest BCUT2D eigenvalue weighted by molar-refractivity contribution is 0.242. The van der Waals surface area contributed by atoms with E-state index in [1.54, 1.807) is 0 Å². The van der Waals surface area contributed by atoms with E-state index in [2.05, 4.69) is 95.4 Å². The molecular weight excluding hydrogens is 306 g/mol. The highest BCUT2D eigenvalue weighted by Crippen LogP contribution is 2.24. The average molecular weight is 340 g/mol. The Morgan fingerprint density at radius 2 is 1.52 bits per heavy atom. The van der Waals surface area contributed by atoms with E-state index in [0.29, 0.717) is 6.04 Å². The fourth-order valence-corrected chi connectivity index (χ4v) is 2.91. The molecule has 1 unspecified atom stereocenters. The van der Waals surface area contributed by atoms with Gasteiger partial charge in [0.2, 0.25) is 0 Å². The van der Waals surface area contributed by atoms with E-state index >= 15 is 0 Å². The molecule has 0 aromatic heterocycles. The van der Waals surface area contributed by atoms with Crippen LogP contribution in [0.1, 0.15) is 70.7 Å². The van der Waals surface area contributed by atoms with Crippen LogP contribution in [0.15, 0.2) is 48.5 Å². The molecule has 2 aromatic rings. The van der Waals surface area contributed by atoms with Crippen LogP contribution >= 0.6 is 0 Å². The van der Waals surface area contributed by atoms with E-state index in [4.69, 9.17) is 4.74 Å². The molecule has 0 spiro atoms. The van der Waals surface area contributed by atoms with E-state index in [1.165, 1.54) is 16.7 Å². The first-order valence-electron chi connectivity index (χ1n) is 9.39. The molecule has 1 N–H and O–H groups in total. The highest BCUT2D eigenvalue weighted by molar-refractivity contribution is 5.30. The number of hydrogen-bond acceptors (Lipinski definition) is 2. The molecule has 2 heteroatoms. The van der Waals surface area contributed by atoms with Crippen LogP contribution in [0.25, 0.3) is 0 Å². The summed E-state index contributed by atoms with van der Waals surface area (Å²) in [6, 6.07) is 17.8. The lowest BCUT2D eigenvalue weighted by Gasteiger charge is -2.21. The predicted molar refractivity (Wildman–Crippen MR) is 107 cm³/mol. The van der Waals surface area contributed by atoms with Gasteiger partial charge >= 0.3 is 0 Å². The van der Waals surface area contributed by atoms with Gasteiger partial charge in [-0.05, 0) is 54.5 Å². The monoisotopic (exact) mass is 339 g/mol. The average Bonchev–Trinajstić information content (AvgIpc) is 2.56. The molecule has 0 saturated carbocycles. The second-order valence-electron chi connectivity index (χ2n) is 8.02. The van der Waals surface area contributed by atoms with E-state index in [9.17, 15) is 0 Å². The van der Waals surface area contributed by atoms with Gasteiger partial charge in [-0.1, -0.05) is 64.1 Å². The maximum absolute atomic E-state index is 5.73. The van der Waals surface area contributed by atoms with Gasteiger partial charge in [-0.2, -0.15) is 0 Å². The van der Waals surface area contributed by atoms with Crippen molar-refractivity contribution in [2.45, 2.75) is 72.1 Å². The molecule has 0 aliphatic rings. The number of ether oxygens (including phenoxy) is 1. The van der Waals surface area contributed by atoms with Gasteiger partial charge in [0.25, 0.3) is 0 Å². The van der Waals surface area contributed by atoms with Gasteiger partial charge in [0.1, 0.15) is 5.75 Å². The fraction of sp³-hybridized carbons (Fsp3) is 0.478. The molecule has 0 aliphatic heterocycles. The lowest BCUT2D eigenvalue weighted by atomic mass is 9.87. The number of nitrogens with one attached hydrogen (secondary N) is 1. The van der Waals surface area contributed by atoms with Crippen molar-refractivity contribution in [1.29, 1.82) is 0 Å². The molecule has 0 bridgehead atoms. The summed E-state index contributed by atoms with van der Waals surface area (Å²) in [4.78, 5) is 0. The van der Waals surface area contributed by atoms with Gasteiger partial charge in [0.15, 0.2) is 0 Å². The minimum Gasteiger partial charge on any atom is -0.491 e. The standard InChI is InChI=1S/C23H33NO/c1-7-22(19-10-14-21(15-11-19)25-17(2)3)24-16-18-8-12-20(13-9-18)23(4,5)6/h8-15,17,22,24H,7,16H2,1-6H3. The summed E-state index contributed by atoms with van der Waals surface area (Å²) in [6.07, 6.45) is 1.27. The molecule has 2 rings (SSSR count). The molecule has 0 heterocycles. The van der Waals surface area contributed by atoms with Crippen molar-refractivity contribution < 1.29 is 4.74 Å². The van der Waals surface area contributed by atoms with Crippen molar-refractivity contribution in [1.82, 2.24) is 5.32 Å². The van der Waals surface area contributed by atoms with Gasteiger partial charge in [-0.3, -0.25) is 0 Å². The smallest absolute Gasteiger partial charge is 0.119 e. The molecule has 136 valence electrons. The largest absolute Gasteiger partial charge is 0.491 e. The Morgan fingerprint density at radius 1 is 0.920 bits per heavy atom. The van der Waals surface area contributed by atoms with Crippen molar-refractivity contribution >= 4 is 0 Å². The molecule has 0 aliphatic carbocycles. The first-order chi connectivity index (χ1) is 11.8. The fourth-order valence-electron chi connectivity index (χ4n) is 2.91. The van der Waals surface area contributed by atoms with Crippen LogP contribution in [0.3, 0.4) is 0 Å². The molecule has 0 amide bonds. The third-order valence-corrected chi connectivity index (χ3v) is 4.44. The van der Waals surface area contributed by atoms with Crippen LogP contribution in [-0.2, 0) is 12.0 Å². The Labute approximate surface area is 153 Å². The highest BCUT2D eigenvalue weighted by Gasteiger charge is 2.13. The maximum Gasteiger partial charge on any atom is 0.119 e. The molecule has 0 radical (unpaired) electrons. The number of hydrogen-bond donors (Lipinski definition) is 1. The summed E-state index contributed by atoms with van der Waals surface area (Å²) >= 11 is 0. The zero-order valence-corrected chi connectivity index (χ0v) is 16.6. The van der Waals surface area contributed by atoms with Crippen molar-refractivity contribution in [2.75, 3.05) is 0 Å². The predicted octanol–water partition coefficient (Wildman–Crippen LogP) is 6.01. The summed E-state index contributed by atoms with van der Waals surface area (Å²) in [6.45, 7) is 14.0. The third kappa shape index (κ3) is 5.89. The van der Waals surface area contributed by atoms with Gasteiger partial charge in [-0.15, -0.1) is 0 Å². The second-order valence-corrected chi connectivity index (χ2v) is 8.02. The van der Waals surface area contributed by atoms with E-state index in [1.807, 2.05) is 0 Å². The Hall–Kier alpha value is -1.80. The first-order valence-corrected chi connectivity index (χ1v) is 9.39. The SMILES string of the molecule is CCC(NCc1ccc(C(C)(C)C)cc1)c1ccc(OC(C)C)cc1. The normalized spacial score (nSPS) is 13.1. The van der Waals surface area contributed by atoms with Gasteiger partial charge < -0.3 is 10.1 Å². The van der Waals surface area contributed by atoms with Crippen LogP contribution < -0.4 is 10.1 Å². The van der Waals surface area contributed by atoms with Crippen molar-refractivity contribution in [3.63, 3.8) is 0 Å². The van der Waals surface area contributed by atoms with E-state index < -0.39 is 0 Å². The van der Waals surface area contributed by atoms with Gasteiger partial charge in [0.05, 0.1) is 6.10 Å². The Morgan fingerprint density at radius 3 is 2.00 bits per heavy atom. The Bertz CT molecular complexity index is 635. The molecule has 0 fully saturated rings. The summed E-state index contributed by atoms with van der Waals surface area (Å²) in [5.74, 6) is 0.936. The minimum absolute atomic E-state index is 0.206. The van der Waals surface area contributed by atoms with Crippen LogP contribution in [0, 0.1) is 0 Å². The van der Waals surface area contributed by atoms with Crippen LogP contribution in [-0.4, -0.2) is 6.10 Å². The Balaban J connectivity index is 1.97. The minimum atomic E-state index is 0.206. The van der Waals surface area contributed by atoms with Crippen molar-refractivity contribution in [3.8, 4) is 5.75 Å². The zero-order chi connectivity index (χ0) is 18.4. The lowest BCUT2D eigenvalue weighted by Crippen LogP contribution is -2.20. The summed E-state index contributed by atoms with van der Waals surface area (Å²) in [5, 5.41) is 3.68. The summed E-state index contributed by atoms with van der Waals surface area (Å²) in [7, 11) is 0. The quantitative estimate of drug-likeness (QED) is 0.666. The van der Waals surface area contributed by atoms with Crippen LogP contribution in [0.2, 0.25) is 0 Å². The topological polar surface area (TPSA) is 21.3 Å². The molecule has 1 atom stereocenters. The summed E-state index contributed by atoms with van der Waals surface area (Å²) in [5.41, 5.74) is 4.22. The first kappa shape index (κ1) is 19.5. The van der Waals surface area contributed by atoms with Crippen LogP contribution in [0.4, 0.5) is 0 Å². The van der Waals surface area contributed by atoms with E-state index in [-0.39, 0.29) is 11.5 Å². The number of benzene rings is 2. The molecule has 25 heavy (non-hydrogen) atoms. The molecule has 2 nitrogen and oxygen atoms in total.